The number of nitrogens with one attached hydrogen (secondary N) is 2. The molecule has 11 heteroatoms. The number of ether oxygens (including phenoxy) is 1. The molecule has 2 aliphatic heterocycles. The molecule has 1 atom stereocenters. The Kier molecular flexibility index (Phi) is 8.65. The molecule has 0 aromatic heterocycles. The molecule has 2 aromatic carbocycles. The van der Waals surface area contributed by atoms with Crippen molar-refractivity contribution >= 4 is 11.8 Å². The van der Waals surface area contributed by atoms with Crippen LogP contribution >= 0.6 is 0 Å². The van der Waals surface area contributed by atoms with Gasteiger partial charge in [0.15, 0.2) is 11.6 Å². The first-order valence-electron chi connectivity index (χ1n) is 14.2. The molecular formula is C30H34F5N3O3. The average molecular weight is 580 g/mol. The van der Waals surface area contributed by atoms with Crippen molar-refractivity contribution < 1.29 is 36.3 Å². The molecule has 1 saturated carbocycles. The Morgan fingerprint density at radius 2 is 1.78 bits per heavy atom. The predicted molar refractivity (Wildman–Crippen MR) is 142 cm³/mol. The summed E-state index contributed by atoms with van der Waals surface area (Å²) in [6.07, 6.45) is -0.510. The minimum atomic E-state index is -4.19. The maximum Gasteiger partial charge on any atom is 0.395 e. The molecule has 2 heterocycles. The first-order chi connectivity index (χ1) is 19.6. The molecule has 0 spiro atoms. The van der Waals surface area contributed by atoms with Gasteiger partial charge in [-0.3, -0.25) is 14.9 Å². The molecule has 41 heavy (non-hydrogen) atoms. The molecule has 1 unspecified atom stereocenters. The number of amides is 2. The zero-order chi connectivity index (χ0) is 29.2. The van der Waals surface area contributed by atoms with E-state index in [1.165, 1.54) is 24.3 Å². The van der Waals surface area contributed by atoms with E-state index in [4.69, 9.17) is 4.74 Å². The molecule has 2 saturated heterocycles. The molecule has 6 nitrogen and oxygen atoms in total. The lowest BCUT2D eigenvalue weighted by atomic mass is 9.67. The summed E-state index contributed by atoms with van der Waals surface area (Å²) >= 11 is 0. The van der Waals surface area contributed by atoms with Gasteiger partial charge in [0.2, 0.25) is 5.91 Å². The Hall–Kier alpha value is -3.05. The fraction of sp³-hybridized carbons (Fsp3) is 0.533. The third kappa shape index (κ3) is 6.40. The lowest BCUT2D eigenvalue weighted by Gasteiger charge is -2.47. The van der Waals surface area contributed by atoms with Crippen molar-refractivity contribution in [3.63, 3.8) is 0 Å². The Morgan fingerprint density at radius 1 is 1.02 bits per heavy atom. The molecule has 5 rings (SSSR count). The first-order valence-corrected chi connectivity index (χ1v) is 14.2. The van der Waals surface area contributed by atoms with Crippen molar-refractivity contribution in [1.29, 1.82) is 0 Å². The van der Waals surface area contributed by atoms with E-state index in [1.54, 1.807) is 0 Å². The van der Waals surface area contributed by atoms with Gasteiger partial charge >= 0.3 is 6.18 Å². The fourth-order valence-electron chi connectivity index (χ4n) is 6.03. The number of hydrogen-bond donors (Lipinski definition) is 2. The van der Waals surface area contributed by atoms with Crippen LogP contribution in [0.5, 0.6) is 5.75 Å². The number of imide groups is 1. The molecule has 0 bridgehead atoms. The summed E-state index contributed by atoms with van der Waals surface area (Å²) in [4.78, 5) is 27.1. The lowest BCUT2D eigenvalue weighted by Crippen LogP contribution is -2.53. The predicted octanol–water partition coefficient (Wildman–Crippen LogP) is 5.46. The number of halogens is 5. The summed E-state index contributed by atoms with van der Waals surface area (Å²) in [5.74, 6) is -2.89. The number of likely N-dealkylation sites (tertiary alicyclic amines) is 1. The average Bonchev–Trinajstić information content (AvgIpc) is 3.45. The quantitative estimate of drug-likeness (QED) is 0.321. The summed E-state index contributed by atoms with van der Waals surface area (Å²) in [6.45, 7) is 1.99. The summed E-state index contributed by atoms with van der Waals surface area (Å²) < 4.78 is 76.1. The van der Waals surface area contributed by atoms with Crippen molar-refractivity contribution in [2.75, 3.05) is 32.8 Å². The van der Waals surface area contributed by atoms with Gasteiger partial charge in [0.25, 0.3) is 5.91 Å². The number of carbonyl (C=O) groups excluding carboxylic acids is 2. The highest BCUT2D eigenvalue weighted by Crippen LogP contribution is 2.53. The number of rotatable bonds is 8. The van der Waals surface area contributed by atoms with Gasteiger partial charge < -0.3 is 15.0 Å². The maximum atomic E-state index is 15.0. The minimum Gasteiger partial charge on any atom is -0.490 e. The summed E-state index contributed by atoms with van der Waals surface area (Å²) in [7, 11) is 0. The molecule has 0 radical (unpaired) electrons. The second-order valence-electron chi connectivity index (χ2n) is 11.4. The molecular weight excluding hydrogens is 545 g/mol. The molecule has 2 aromatic rings. The zero-order valence-corrected chi connectivity index (χ0v) is 22.7. The molecule has 1 aliphatic carbocycles. The van der Waals surface area contributed by atoms with Gasteiger partial charge in [-0.15, -0.1) is 0 Å². The number of hydrogen-bond acceptors (Lipinski definition) is 5. The Morgan fingerprint density at radius 3 is 2.39 bits per heavy atom. The third-order valence-electron chi connectivity index (χ3n) is 8.72. The van der Waals surface area contributed by atoms with Gasteiger partial charge in [0, 0.05) is 6.54 Å². The second-order valence-corrected chi connectivity index (χ2v) is 11.4. The summed E-state index contributed by atoms with van der Waals surface area (Å²) in [6, 6.07) is 7.54. The first kappa shape index (κ1) is 29.4. The van der Waals surface area contributed by atoms with Gasteiger partial charge in [-0.2, -0.15) is 13.2 Å². The van der Waals surface area contributed by atoms with E-state index in [0.717, 1.165) is 18.6 Å². The van der Waals surface area contributed by atoms with E-state index in [0.29, 0.717) is 45.3 Å². The zero-order valence-electron chi connectivity index (χ0n) is 22.7. The van der Waals surface area contributed by atoms with Crippen molar-refractivity contribution in [1.82, 2.24) is 15.5 Å². The smallest absolute Gasteiger partial charge is 0.395 e. The van der Waals surface area contributed by atoms with Gasteiger partial charge in [-0.05, 0) is 93.4 Å². The highest BCUT2D eigenvalue weighted by atomic mass is 19.4. The van der Waals surface area contributed by atoms with Crippen molar-refractivity contribution in [2.45, 2.75) is 57.2 Å². The topological polar surface area (TPSA) is 70.7 Å². The Labute approximate surface area is 235 Å². The van der Waals surface area contributed by atoms with Gasteiger partial charge in [-0.1, -0.05) is 24.6 Å². The summed E-state index contributed by atoms with van der Waals surface area (Å²) in [5, 5.41) is 5.22. The van der Waals surface area contributed by atoms with E-state index in [1.807, 2.05) is 4.90 Å². The van der Waals surface area contributed by atoms with Crippen molar-refractivity contribution in [3.05, 3.63) is 53.6 Å². The number of piperidine rings is 1. The van der Waals surface area contributed by atoms with Crippen molar-refractivity contribution in [3.8, 4) is 16.9 Å². The molecule has 2 N–H and O–H groups in total. The van der Waals surface area contributed by atoms with Gasteiger partial charge in [-0.25, -0.2) is 8.78 Å². The van der Waals surface area contributed by atoms with Crippen LogP contribution in [0.3, 0.4) is 0 Å². The van der Waals surface area contributed by atoms with Crippen LogP contribution in [0.2, 0.25) is 0 Å². The van der Waals surface area contributed by atoms with E-state index >= 15 is 4.39 Å². The van der Waals surface area contributed by atoms with Crippen molar-refractivity contribution in [2.24, 2.45) is 11.3 Å². The van der Waals surface area contributed by atoms with E-state index in [9.17, 15) is 27.2 Å². The van der Waals surface area contributed by atoms with Crippen LogP contribution in [0.15, 0.2) is 36.4 Å². The monoisotopic (exact) mass is 579 g/mol. The molecule has 222 valence electrons. The SMILES string of the molecule is O=C(NC(=O)C1CCCN1)c1c(F)cccc1-c1ccc(OCC2CCN(CC3(C(F)(F)F)CCC3)CC2)c(F)c1. The van der Waals surface area contributed by atoms with Crippen LogP contribution in [0.25, 0.3) is 11.1 Å². The standard InChI is InChI=1S/C30H34F5N3O3/c31-22-5-1-4-21(26(22)28(40)37-27(39)24-6-2-13-36-24)20-7-8-25(23(32)16-20)41-17-19-9-14-38(15-10-19)18-29(11-3-12-29)30(33,34)35/h1,4-5,7-8,16,19,24,36H,2-3,6,9-15,17-18H2,(H,37,39,40). The highest BCUT2D eigenvalue weighted by Gasteiger charge is 2.58. The summed E-state index contributed by atoms with van der Waals surface area (Å²) in [5.41, 5.74) is -1.55. The highest BCUT2D eigenvalue weighted by molar-refractivity contribution is 6.09. The molecule has 3 fully saturated rings. The van der Waals surface area contributed by atoms with Crippen LogP contribution in [0.4, 0.5) is 22.0 Å². The maximum absolute atomic E-state index is 15.0. The molecule has 3 aliphatic rings. The van der Waals surface area contributed by atoms with Gasteiger partial charge in [0.05, 0.1) is 23.6 Å². The largest absolute Gasteiger partial charge is 0.490 e. The van der Waals surface area contributed by atoms with Crippen LogP contribution in [0, 0.1) is 23.0 Å². The van der Waals surface area contributed by atoms with Gasteiger partial charge in [0.1, 0.15) is 5.82 Å². The Bertz CT molecular complexity index is 1270. The number of nitrogens with zero attached hydrogens (tertiary/aromatic N) is 1. The molecule has 2 amide bonds. The van der Waals surface area contributed by atoms with Crippen LogP contribution < -0.4 is 15.4 Å². The minimum absolute atomic E-state index is 0.00781. The second kappa shape index (κ2) is 12.1. The third-order valence-corrected chi connectivity index (χ3v) is 8.72. The van der Waals surface area contributed by atoms with E-state index in [-0.39, 0.29) is 54.4 Å². The normalized spacial score (nSPS) is 21.3. The van der Waals surface area contributed by atoms with Crippen LogP contribution in [0.1, 0.15) is 55.3 Å². The van der Waals surface area contributed by atoms with E-state index < -0.39 is 41.1 Å². The number of benzene rings is 2. The van der Waals surface area contributed by atoms with E-state index in [2.05, 4.69) is 10.6 Å². The number of carbonyl (C=O) groups is 2. The lowest BCUT2D eigenvalue weighted by molar-refractivity contribution is -0.256. The Balaban J connectivity index is 1.18. The van der Waals surface area contributed by atoms with Crippen LogP contribution in [-0.2, 0) is 4.79 Å². The van der Waals surface area contributed by atoms with Crippen LogP contribution in [-0.4, -0.2) is 61.7 Å². The fourth-order valence-corrected chi connectivity index (χ4v) is 6.03. The number of alkyl halides is 3.